The minimum absolute atomic E-state index is 0.352. The third-order valence-corrected chi connectivity index (χ3v) is 0.934. The highest BCUT2D eigenvalue weighted by atomic mass is 16.6. The number of nitro groups is 1. The van der Waals surface area contributed by atoms with E-state index in [0.29, 0.717) is 0 Å². The van der Waals surface area contributed by atoms with Gasteiger partial charge in [-0.1, -0.05) is 0 Å². The third kappa shape index (κ3) is 0.883. The maximum absolute atomic E-state index is 10.0. The minimum Gasteiger partial charge on any atom is -0.454 e. The summed E-state index contributed by atoms with van der Waals surface area (Å²) in [5, 5.41) is 10.0. The molecule has 0 aliphatic rings. The lowest BCUT2D eigenvalue weighted by Gasteiger charge is -1.81. The second-order valence-corrected chi connectivity index (χ2v) is 1.49. The Hall–Kier alpha value is -1.65. The van der Waals surface area contributed by atoms with Crippen molar-refractivity contribution >= 4 is 12.0 Å². The van der Waals surface area contributed by atoms with Gasteiger partial charge >= 0.3 is 5.69 Å². The van der Waals surface area contributed by atoms with Gasteiger partial charge < -0.3 is 4.42 Å². The van der Waals surface area contributed by atoms with Crippen LogP contribution in [0.5, 0.6) is 0 Å². The molecular formula is C5H2NO4. The fraction of sp³-hybridized carbons (Fsp3) is 0. The van der Waals surface area contributed by atoms with Gasteiger partial charge in [0.2, 0.25) is 0 Å². The van der Waals surface area contributed by atoms with Crippen molar-refractivity contribution in [3.63, 3.8) is 0 Å². The van der Waals surface area contributed by atoms with E-state index in [0.717, 1.165) is 12.3 Å². The summed E-state index contributed by atoms with van der Waals surface area (Å²) < 4.78 is 4.41. The van der Waals surface area contributed by atoms with Crippen LogP contribution in [0.4, 0.5) is 5.69 Å². The minimum atomic E-state index is -0.705. The number of nitrogens with zero attached hydrogens (tertiary/aromatic N) is 1. The van der Waals surface area contributed by atoms with E-state index in [-0.39, 0.29) is 11.4 Å². The van der Waals surface area contributed by atoms with Crippen LogP contribution in [0.2, 0.25) is 0 Å². The second-order valence-electron chi connectivity index (χ2n) is 1.49. The smallest absolute Gasteiger partial charge is 0.318 e. The second kappa shape index (κ2) is 2.30. The monoisotopic (exact) mass is 140 g/mol. The number of hydrogen-bond donors (Lipinski definition) is 0. The summed E-state index contributed by atoms with van der Waals surface area (Å²) in [6.45, 7) is 0. The molecule has 10 heavy (non-hydrogen) atoms. The summed E-state index contributed by atoms with van der Waals surface area (Å²) in [7, 11) is 0. The molecule has 0 unspecified atom stereocenters. The molecule has 0 bridgehead atoms. The van der Waals surface area contributed by atoms with Crippen molar-refractivity contribution < 1.29 is 14.1 Å². The SMILES string of the molecule is O=[C]c1occc1[N+](=O)[O-]. The highest BCUT2D eigenvalue weighted by Crippen LogP contribution is 2.16. The predicted octanol–water partition coefficient (Wildman–Crippen LogP) is 0.646. The van der Waals surface area contributed by atoms with Crippen molar-refractivity contribution in [2.45, 2.75) is 0 Å². The Morgan fingerprint density at radius 3 is 2.80 bits per heavy atom. The van der Waals surface area contributed by atoms with Gasteiger partial charge in [0.25, 0.3) is 12.0 Å². The molecule has 5 heteroatoms. The van der Waals surface area contributed by atoms with Crippen molar-refractivity contribution in [2.24, 2.45) is 0 Å². The zero-order chi connectivity index (χ0) is 7.56. The molecule has 0 amide bonds. The highest BCUT2D eigenvalue weighted by molar-refractivity contribution is 5.77. The predicted molar refractivity (Wildman–Crippen MR) is 30.2 cm³/mol. The van der Waals surface area contributed by atoms with Gasteiger partial charge in [-0.05, 0) is 0 Å². The quantitative estimate of drug-likeness (QED) is 0.446. The van der Waals surface area contributed by atoms with Crippen molar-refractivity contribution in [3.8, 4) is 0 Å². The van der Waals surface area contributed by atoms with Crippen LogP contribution in [0.25, 0.3) is 0 Å². The molecule has 0 atom stereocenters. The van der Waals surface area contributed by atoms with Gasteiger partial charge in [-0.25, -0.2) is 0 Å². The first-order chi connectivity index (χ1) is 4.75. The van der Waals surface area contributed by atoms with Crippen molar-refractivity contribution in [3.05, 3.63) is 28.2 Å². The molecule has 0 aliphatic heterocycles. The molecular weight excluding hydrogens is 138 g/mol. The lowest BCUT2D eigenvalue weighted by atomic mass is 10.4. The Balaban J connectivity index is 3.13. The van der Waals surface area contributed by atoms with E-state index in [1.165, 1.54) is 6.29 Å². The number of rotatable bonds is 2. The van der Waals surface area contributed by atoms with E-state index >= 15 is 0 Å². The van der Waals surface area contributed by atoms with E-state index in [2.05, 4.69) is 4.42 Å². The van der Waals surface area contributed by atoms with Crippen LogP contribution in [-0.4, -0.2) is 11.2 Å². The van der Waals surface area contributed by atoms with Gasteiger partial charge in [0.1, 0.15) is 0 Å². The molecule has 1 radical (unpaired) electrons. The molecule has 0 spiro atoms. The van der Waals surface area contributed by atoms with Crippen LogP contribution in [0, 0.1) is 10.1 Å². The van der Waals surface area contributed by atoms with Gasteiger partial charge in [-0.15, -0.1) is 0 Å². The molecule has 0 saturated carbocycles. The molecule has 5 nitrogen and oxygen atoms in total. The topological polar surface area (TPSA) is 73.3 Å². The first-order valence-corrected chi connectivity index (χ1v) is 2.35. The summed E-state index contributed by atoms with van der Waals surface area (Å²) in [4.78, 5) is 19.2. The molecule has 0 aromatic carbocycles. The van der Waals surface area contributed by atoms with Crippen LogP contribution in [0.3, 0.4) is 0 Å². The Morgan fingerprint density at radius 1 is 1.70 bits per heavy atom. The summed E-state index contributed by atoms with van der Waals surface area (Å²) in [5.74, 6) is -0.370. The van der Waals surface area contributed by atoms with Crippen LogP contribution in [0.1, 0.15) is 5.76 Å². The Kier molecular flexibility index (Phi) is 1.49. The fourth-order valence-electron chi connectivity index (χ4n) is 0.523. The third-order valence-electron chi connectivity index (χ3n) is 0.934. The van der Waals surface area contributed by atoms with Crippen LogP contribution in [-0.2, 0) is 4.79 Å². The van der Waals surface area contributed by atoms with Gasteiger partial charge in [0, 0.05) is 0 Å². The van der Waals surface area contributed by atoms with Crippen molar-refractivity contribution in [1.82, 2.24) is 0 Å². The normalized spacial score (nSPS) is 9.20. The fourth-order valence-corrected chi connectivity index (χ4v) is 0.523. The first-order valence-electron chi connectivity index (χ1n) is 2.35. The molecule has 1 rings (SSSR count). The maximum Gasteiger partial charge on any atom is 0.318 e. The van der Waals surface area contributed by atoms with Crippen LogP contribution in [0.15, 0.2) is 16.7 Å². The van der Waals surface area contributed by atoms with Gasteiger partial charge in [-0.2, -0.15) is 0 Å². The van der Waals surface area contributed by atoms with Crippen LogP contribution < -0.4 is 0 Å². The van der Waals surface area contributed by atoms with E-state index in [1.54, 1.807) is 0 Å². The molecule has 1 aromatic heterocycles. The molecule has 1 heterocycles. The van der Waals surface area contributed by atoms with E-state index in [1.807, 2.05) is 0 Å². The number of hydrogen-bond acceptors (Lipinski definition) is 4. The lowest BCUT2D eigenvalue weighted by molar-refractivity contribution is -0.385. The molecule has 0 N–H and O–H groups in total. The van der Waals surface area contributed by atoms with E-state index in [4.69, 9.17) is 0 Å². The zero-order valence-corrected chi connectivity index (χ0v) is 4.73. The Bertz CT molecular complexity index is 264. The van der Waals surface area contributed by atoms with Gasteiger partial charge in [0.05, 0.1) is 17.3 Å². The van der Waals surface area contributed by atoms with Crippen LogP contribution >= 0.6 is 0 Å². The number of furan rings is 1. The zero-order valence-electron chi connectivity index (χ0n) is 4.73. The average Bonchev–Trinajstić information content (AvgIpc) is 2.33. The van der Waals surface area contributed by atoms with Gasteiger partial charge in [0.15, 0.2) is 0 Å². The first kappa shape index (κ1) is 6.47. The molecule has 0 saturated heterocycles. The molecule has 51 valence electrons. The average molecular weight is 140 g/mol. The molecule has 1 aromatic rings. The van der Waals surface area contributed by atoms with Gasteiger partial charge in [-0.3, -0.25) is 14.9 Å². The Morgan fingerprint density at radius 2 is 2.40 bits per heavy atom. The lowest BCUT2D eigenvalue weighted by Crippen LogP contribution is -1.88. The summed E-state index contributed by atoms with van der Waals surface area (Å²) in [6, 6.07) is 1.10. The molecule has 0 aliphatic carbocycles. The maximum atomic E-state index is 10.0. The highest BCUT2D eigenvalue weighted by Gasteiger charge is 2.16. The van der Waals surface area contributed by atoms with Crippen molar-refractivity contribution in [2.75, 3.05) is 0 Å². The van der Waals surface area contributed by atoms with E-state index < -0.39 is 4.92 Å². The summed E-state index contributed by atoms with van der Waals surface area (Å²) in [6.07, 6.45) is 2.37. The standard InChI is InChI=1S/C5H2NO4/c7-3-5-4(6(8)9)1-2-10-5/h1-2H. The van der Waals surface area contributed by atoms with E-state index in [9.17, 15) is 14.9 Å². The number of carbonyl (C=O) groups excluding carboxylic acids is 1. The largest absolute Gasteiger partial charge is 0.454 e. The summed E-state index contributed by atoms with van der Waals surface area (Å²) >= 11 is 0. The molecule has 0 fully saturated rings. The van der Waals surface area contributed by atoms with Crippen molar-refractivity contribution in [1.29, 1.82) is 0 Å². The Labute approximate surface area is 55.4 Å². The summed E-state index contributed by atoms with van der Waals surface area (Å²) in [5.41, 5.74) is -0.352.